The third-order valence-corrected chi connectivity index (χ3v) is 1.86. The molecule has 1 saturated heterocycles. The van der Waals surface area contributed by atoms with Crippen molar-refractivity contribution >= 4 is 0 Å². The van der Waals surface area contributed by atoms with Crippen LogP contribution < -0.4 is 5.43 Å². The molecule has 1 aliphatic rings. The Morgan fingerprint density at radius 2 is 2.56 bits per heavy atom. The van der Waals surface area contributed by atoms with Crippen LogP contribution in [0.15, 0.2) is 0 Å². The number of hydrazine groups is 1. The van der Waals surface area contributed by atoms with Crippen molar-refractivity contribution in [2.75, 3.05) is 26.7 Å². The second kappa shape index (κ2) is 3.15. The first-order valence-electron chi connectivity index (χ1n) is 3.40. The maximum atomic E-state index is 8.72. The Kier molecular flexibility index (Phi) is 2.45. The Labute approximate surface area is 55.6 Å². The van der Waals surface area contributed by atoms with Crippen molar-refractivity contribution in [1.82, 2.24) is 10.4 Å². The molecule has 1 unspecified atom stereocenters. The van der Waals surface area contributed by atoms with E-state index in [0.29, 0.717) is 12.5 Å². The van der Waals surface area contributed by atoms with E-state index in [0.717, 1.165) is 19.5 Å². The van der Waals surface area contributed by atoms with E-state index in [9.17, 15) is 0 Å². The van der Waals surface area contributed by atoms with Crippen LogP contribution in [-0.2, 0) is 0 Å². The van der Waals surface area contributed by atoms with Crippen LogP contribution in [0.1, 0.15) is 6.42 Å². The van der Waals surface area contributed by atoms with Gasteiger partial charge in [0.1, 0.15) is 0 Å². The molecule has 0 radical (unpaired) electrons. The minimum absolute atomic E-state index is 0.332. The molecule has 1 rings (SSSR count). The van der Waals surface area contributed by atoms with Gasteiger partial charge >= 0.3 is 0 Å². The van der Waals surface area contributed by atoms with E-state index in [4.69, 9.17) is 5.11 Å². The normalized spacial score (nSPS) is 29.3. The fraction of sp³-hybridized carbons (Fsp3) is 1.00. The lowest BCUT2D eigenvalue weighted by molar-refractivity contribution is 0.203. The van der Waals surface area contributed by atoms with Crippen molar-refractivity contribution in [2.45, 2.75) is 6.42 Å². The molecule has 0 aromatic carbocycles. The minimum atomic E-state index is 0.332. The molecule has 0 aliphatic carbocycles. The summed E-state index contributed by atoms with van der Waals surface area (Å²) >= 11 is 0. The quantitative estimate of drug-likeness (QED) is 0.525. The fourth-order valence-electron chi connectivity index (χ4n) is 1.18. The number of hydrogen-bond donors (Lipinski definition) is 2. The Balaban J connectivity index is 2.20. The van der Waals surface area contributed by atoms with Gasteiger partial charge < -0.3 is 5.11 Å². The zero-order chi connectivity index (χ0) is 6.69. The molecule has 3 nitrogen and oxygen atoms in total. The Hall–Kier alpha value is -0.120. The van der Waals surface area contributed by atoms with Crippen LogP contribution in [-0.4, -0.2) is 36.9 Å². The van der Waals surface area contributed by atoms with Crippen LogP contribution in [0.3, 0.4) is 0 Å². The van der Waals surface area contributed by atoms with Crippen LogP contribution in [0.4, 0.5) is 0 Å². The summed E-state index contributed by atoms with van der Waals surface area (Å²) in [5, 5.41) is 10.9. The van der Waals surface area contributed by atoms with Gasteiger partial charge in [-0.25, -0.2) is 5.01 Å². The second-order valence-corrected chi connectivity index (χ2v) is 2.51. The van der Waals surface area contributed by atoms with E-state index in [1.807, 2.05) is 7.05 Å². The van der Waals surface area contributed by atoms with Gasteiger partial charge in [0, 0.05) is 19.7 Å². The summed E-state index contributed by atoms with van der Waals surface area (Å²) in [5.41, 5.74) is 3.05. The number of rotatable bonds is 2. The number of nitrogens with one attached hydrogen (secondary N) is 1. The third kappa shape index (κ3) is 1.64. The Bertz CT molecular complexity index is 77.1. The van der Waals surface area contributed by atoms with E-state index in [1.54, 1.807) is 0 Å². The maximum absolute atomic E-state index is 8.72. The van der Waals surface area contributed by atoms with Crippen molar-refractivity contribution in [2.24, 2.45) is 5.92 Å². The van der Waals surface area contributed by atoms with Gasteiger partial charge in [0.25, 0.3) is 0 Å². The molecule has 9 heavy (non-hydrogen) atoms. The largest absolute Gasteiger partial charge is 0.396 e. The van der Waals surface area contributed by atoms with Gasteiger partial charge in [-0.1, -0.05) is 0 Å². The SMILES string of the molecule is CNN1CCC(CO)C1. The third-order valence-electron chi connectivity index (χ3n) is 1.86. The number of aliphatic hydroxyl groups is 1. The van der Waals surface area contributed by atoms with Gasteiger partial charge in [-0.15, -0.1) is 0 Å². The molecule has 1 atom stereocenters. The highest BCUT2D eigenvalue weighted by atomic mass is 16.3. The summed E-state index contributed by atoms with van der Waals surface area (Å²) in [6, 6.07) is 0. The second-order valence-electron chi connectivity index (χ2n) is 2.51. The lowest BCUT2D eigenvalue weighted by Crippen LogP contribution is -2.32. The van der Waals surface area contributed by atoms with Crippen LogP contribution in [0.5, 0.6) is 0 Å². The van der Waals surface area contributed by atoms with E-state index >= 15 is 0 Å². The number of nitrogens with zero attached hydrogens (tertiary/aromatic N) is 1. The smallest absolute Gasteiger partial charge is 0.0472 e. The van der Waals surface area contributed by atoms with E-state index < -0.39 is 0 Å². The molecule has 54 valence electrons. The summed E-state index contributed by atoms with van der Waals surface area (Å²) in [7, 11) is 1.92. The monoisotopic (exact) mass is 130 g/mol. The molecule has 0 bridgehead atoms. The molecule has 1 fully saturated rings. The predicted octanol–water partition coefficient (Wildman–Crippen LogP) is -0.565. The molecular weight excluding hydrogens is 116 g/mol. The average molecular weight is 130 g/mol. The van der Waals surface area contributed by atoms with E-state index in [1.165, 1.54) is 0 Å². The highest BCUT2D eigenvalue weighted by molar-refractivity contribution is 4.70. The van der Waals surface area contributed by atoms with E-state index in [2.05, 4.69) is 10.4 Å². The standard InChI is InChI=1S/C6H14N2O/c1-7-8-3-2-6(4-8)5-9/h6-7,9H,2-5H2,1H3. The summed E-state index contributed by atoms with van der Waals surface area (Å²) in [4.78, 5) is 0. The van der Waals surface area contributed by atoms with E-state index in [-0.39, 0.29) is 0 Å². The molecule has 3 heteroatoms. The zero-order valence-electron chi connectivity index (χ0n) is 5.80. The first-order valence-corrected chi connectivity index (χ1v) is 3.40. The molecular formula is C6H14N2O. The highest BCUT2D eigenvalue weighted by Crippen LogP contribution is 2.11. The van der Waals surface area contributed by atoms with Gasteiger partial charge in [0.05, 0.1) is 0 Å². The topological polar surface area (TPSA) is 35.5 Å². The molecule has 0 amide bonds. The number of aliphatic hydroxyl groups excluding tert-OH is 1. The van der Waals surface area contributed by atoms with Crippen molar-refractivity contribution in [1.29, 1.82) is 0 Å². The van der Waals surface area contributed by atoms with Crippen LogP contribution in [0, 0.1) is 5.92 Å². The highest BCUT2D eigenvalue weighted by Gasteiger charge is 2.19. The lowest BCUT2D eigenvalue weighted by Gasteiger charge is -2.12. The first kappa shape index (κ1) is 6.99. The summed E-state index contributed by atoms with van der Waals surface area (Å²) in [5.74, 6) is 0.498. The van der Waals surface area contributed by atoms with Crippen LogP contribution >= 0.6 is 0 Å². The van der Waals surface area contributed by atoms with Gasteiger partial charge in [0.2, 0.25) is 0 Å². The summed E-state index contributed by atoms with van der Waals surface area (Å²) < 4.78 is 0. The molecule has 0 saturated carbocycles. The minimum Gasteiger partial charge on any atom is -0.396 e. The zero-order valence-corrected chi connectivity index (χ0v) is 5.80. The van der Waals surface area contributed by atoms with Gasteiger partial charge in [-0.3, -0.25) is 5.43 Å². The Morgan fingerprint density at radius 3 is 2.89 bits per heavy atom. The summed E-state index contributed by atoms with van der Waals surface area (Å²) in [6.45, 7) is 2.40. The van der Waals surface area contributed by atoms with Crippen LogP contribution in [0.25, 0.3) is 0 Å². The molecule has 0 aromatic rings. The molecule has 1 heterocycles. The molecule has 0 aromatic heterocycles. The van der Waals surface area contributed by atoms with Crippen molar-refractivity contribution in [3.8, 4) is 0 Å². The summed E-state index contributed by atoms with van der Waals surface area (Å²) in [6.07, 6.45) is 1.12. The maximum Gasteiger partial charge on any atom is 0.0472 e. The first-order chi connectivity index (χ1) is 4.36. The molecule has 0 spiro atoms. The van der Waals surface area contributed by atoms with Gasteiger partial charge in [-0.05, 0) is 19.4 Å². The number of hydrogen-bond acceptors (Lipinski definition) is 3. The molecule has 1 aliphatic heterocycles. The van der Waals surface area contributed by atoms with Gasteiger partial charge in [0.15, 0.2) is 0 Å². The molecule has 2 N–H and O–H groups in total. The van der Waals surface area contributed by atoms with Crippen molar-refractivity contribution in [3.05, 3.63) is 0 Å². The fourth-order valence-corrected chi connectivity index (χ4v) is 1.18. The average Bonchev–Trinajstić information content (AvgIpc) is 2.34. The van der Waals surface area contributed by atoms with Crippen LogP contribution in [0.2, 0.25) is 0 Å². The van der Waals surface area contributed by atoms with Crippen molar-refractivity contribution < 1.29 is 5.11 Å². The Morgan fingerprint density at radius 1 is 1.78 bits per heavy atom. The lowest BCUT2D eigenvalue weighted by atomic mass is 10.1. The predicted molar refractivity (Wildman–Crippen MR) is 35.8 cm³/mol. The van der Waals surface area contributed by atoms with Crippen molar-refractivity contribution in [3.63, 3.8) is 0 Å². The van der Waals surface area contributed by atoms with Gasteiger partial charge in [-0.2, -0.15) is 0 Å².